The van der Waals surface area contributed by atoms with Gasteiger partial charge in [0.25, 0.3) is 5.91 Å². The van der Waals surface area contributed by atoms with E-state index >= 15 is 0 Å². The number of nitrogens with two attached hydrogens (primary N) is 1. The second-order valence-corrected chi connectivity index (χ2v) is 7.56. The van der Waals surface area contributed by atoms with E-state index < -0.39 is 15.9 Å². The molecule has 1 aliphatic heterocycles. The zero-order valence-electron chi connectivity index (χ0n) is 13.0. The number of amides is 1. The van der Waals surface area contributed by atoms with Crippen molar-refractivity contribution in [2.75, 3.05) is 21.9 Å². The SMILES string of the molecule is NC(=O)c1cnccc1NCc1cccc(N2CCCS2(=O)=O)c1. The first-order valence-electron chi connectivity index (χ1n) is 7.54. The van der Waals surface area contributed by atoms with E-state index in [-0.39, 0.29) is 5.75 Å². The van der Waals surface area contributed by atoms with Gasteiger partial charge in [0.2, 0.25) is 10.0 Å². The Morgan fingerprint density at radius 2 is 2.17 bits per heavy atom. The Balaban J connectivity index is 1.78. The molecule has 1 fully saturated rings. The summed E-state index contributed by atoms with van der Waals surface area (Å²) in [4.78, 5) is 15.3. The highest BCUT2D eigenvalue weighted by Crippen LogP contribution is 2.25. The summed E-state index contributed by atoms with van der Waals surface area (Å²) >= 11 is 0. The number of anilines is 2. The van der Waals surface area contributed by atoms with E-state index in [4.69, 9.17) is 5.73 Å². The van der Waals surface area contributed by atoms with Crippen molar-refractivity contribution in [1.82, 2.24) is 4.98 Å². The number of hydrogen-bond donors (Lipinski definition) is 2. The van der Waals surface area contributed by atoms with Crippen LogP contribution < -0.4 is 15.4 Å². The fourth-order valence-corrected chi connectivity index (χ4v) is 4.25. The summed E-state index contributed by atoms with van der Waals surface area (Å²) in [6.07, 6.45) is 3.63. The first kappa shape index (κ1) is 16.3. The van der Waals surface area contributed by atoms with Crippen molar-refractivity contribution in [3.8, 4) is 0 Å². The van der Waals surface area contributed by atoms with Crippen LogP contribution in [0.5, 0.6) is 0 Å². The molecule has 0 bridgehead atoms. The highest BCUT2D eigenvalue weighted by atomic mass is 32.2. The van der Waals surface area contributed by atoms with E-state index in [0.717, 1.165) is 5.56 Å². The van der Waals surface area contributed by atoms with Gasteiger partial charge < -0.3 is 11.1 Å². The van der Waals surface area contributed by atoms with E-state index in [9.17, 15) is 13.2 Å². The molecule has 0 spiro atoms. The lowest BCUT2D eigenvalue weighted by Gasteiger charge is -2.18. The second-order valence-electron chi connectivity index (χ2n) is 5.55. The normalized spacial score (nSPS) is 16.1. The molecule has 0 atom stereocenters. The predicted molar refractivity (Wildman–Crippen MR) is 92.3 cm³/mol. The molecule has 1 aromatic carbocycles. The number of nitrogens with one attached hydrogen (secondary N) is 1. The molecule has 24 heavy (non-hydrogen) atoms. The number of carbonyl (C=O) groups is 1. The standard InChI is InChI=1S/C16H18N4O3S/c17-16(21)14-11-18-6-5-15(14)19-10-12-3-1-4-13(9-12)20-7-2-8-24(20,22)23/h1,3-6,9,11H,2,7-8,10H2,(H2,17,21)(H,18,19). The van der Waals surface area contributed by atoms with E-state index in [1.165, 1.54) is 10.5 Å². The lowest BCUT2D eigenvalue weighted by atomic mass is 10.1. The van der Waals surface area contributed by atoms with Crippen LogP contribution in [0.1, 0.15) is 22.3 Å². The molecule has 0 aliphatic carbocycles. The van der Waals surface area contributed by atoms with Gasteiger partial charge >= 0.3 is 0 Å². The van der Waals surface area contributed by atoms with Gasteiger partial charge in [0.15, 0.2) is 0 Å². The summed E-state index contributed by atoms with van der Waals surface area (Å²) in [6, 6.07) is 9.01. The molecule has 126 valence electrons. The molecule has 2 heterocycles. The first-order chi connectivity index (χ1) is 11.5. The Bertz CT molecular complexity index is 867. The average Bonchev–Trinajstić information content (AvgIpc) is 2.92. The van der Waals surface area contributed by atoms with Gasteiger partial charge in [-0.3, -0.25) is 14.1 Å². The maximum absolute atomic E-state index is 12.0. The third-order valence-electron chi connectivity index (χ3n) is 3.87. The van der Waals surface area contributed by atoms with E-state index in [1.54, 1.807) is 18.3 Å². The van der Waals surface area contributed by atoms with Crippen LogP contribution in [0.3, 0.4) is 0 Å². The molecular formula is C16H18N4O3S. The van der Waals surface area contributed by atoms with Gasteiger partial charge in [-0.2, -0.15) is 0 Å². The Kier molecular flexibility index (Phi) is 4.39. The number of hydrogen-bond acceptors (Lipinski definition) is 5. The number of primary amides is 1. The predicted octanol–water partition coefficient (Wildman–Crippen LogP) is 1.33. The third kappa shape index (κ3) is 3.33. The molecule has 8 heteroatoms. The monoisotopic (exact) mass is 346 g/mol. The van der Waals surface area contributed by atoms with E-state index in [1.807, 2.05) is 18.2 Å². The van der Waals surface area contributed by atoms with E-state index in [0.29, 0.717) is 36.4 Å². The molecule has 1 saturated heterocycles. The Morgan fingerprint density at radius 1 is 1.33 bits per heavy atom. The van der Waals surface area contributed by atoms with Crippen LogP contribution in [0, 0.1) is 0 Å². The van der Waals surface area contributed by atoms with Gasteiger partial charge in [-0.1, -0.05) is 12.1 Å². The maximum Gasteiger partial charge on any atom is 0.252 e. The van der Waals surface area contributed by atoms with Gasteiger partial charge in [-0.15, -0.1) is 0 Å². The summed E-state index contributed by atoms with van der Waals surface area (Å²) in [7, 11) is -3.20. The number of rotatable bonds is 5. The first-order valence-corrected chi connectivity index (χ1v) is 9.15. The molecule has 2 aromatic rings. The van der Waals surface area contributed by atoms with Crippen LogP contribution in [-0.2, 0) is 16.6 Å². The van der Waals surface area contributed by atoms with Gasteiger partial charge in [-0.25, -0.2) is 8.42 Å². The Labute approximate surface area is 140 Å². The van der Waals surface area contributed by atoms with Crippen molar-refractivity contribution >= 4 is 27.3 Å². The Hall–Kier alpha value is -2.61. The summed E-state index contributed by atoms with van der Waals surface area (Å²) in [6.45, 7) is 0.946. The minimum atomic E-state index is -3.20. The number of aromatic nitrogens is 1. The number of benzene rings is 1. The van der Waals surface area contributed by atoms with Crippen LogP contribution in [-0.4, -0.2) is 31.6 Å². The Morgan fingerprint density at radius 3 is 2.88 bits per heavy atom. The number of sulfonamides is 1. The zero-order chi connectivity index (χ0) is 17.2. The highest BCUT2D eigenvalue weighted by Gasteiger charge is 2.28. The van der Waals surface area contributed by atoms with Crippen LogP contribution >= 0.6 is 0 Å². The molecular weight excluding hydrogens is 328 g/mol. The summed E-state index contributed by atoms with van der Waals surface area (Å²) in [5.41, 5.74) is 7.81. The van der Waals surface area contributed by atoms with Crippen LogP contribution in [0.15, 0.2) is 42.7 Å². The van der Waals surface area contributed by atoms with Crippen molar-refractivity contribution in [3.63, 3.8) is 0 Å². The topological polar surface area (TPSA) is 105 Å². The van der Waals surface area contributed by atoms with Crippen molar-refractivity contribution in [2.24, 2.45) is 5.73 Å². The van der Waals surface area contributed by atoms with Gasteiger partial charge in [0.1, 0.15) is 0 Å². The lowest BCUT2D eigenvalue weighted by Crippen LogP contribution is -2.25. The van der Waals surface area contributed by atoms with Gasteiger partial charge in [0, 0.05) is 25.5 Å². The summed E-state index contributed by atoms with van der Waals surface area (Å²) in [5.74, 6) is -0.364. The molecule has 1 amide bonds. The van der Waals surface area contributed by atoms with Crippen molar-refractivity contribution < 1.29 is 13.2 Å². The fraction of sp³-hybridized carbons (Fsp3) is 0.250. The average molecular weight is 346 g/mol. The quantitative estimate of drug-likeness (QED) is 0.850. The minimum Gasteiger partial charge on any atom is -0.380 e. The number of pyridine rings is 1. The van der Waals surface area contributed by atoms with Crippen molar-refractivity contribution in [3.05, 3.63) is 53.9 Å². The maximum atomic E-state index is 12.0. The molecule has 0 saturated carbocycles. The van der Waals surface area contributed by atoms with Gasteiger partial charge in [0.05, 0.1) is 22.7 Å². The third-order valence-corrected chi connectivity index (χ3v) is 5.74. The lowest BCUT2D eigenvalue weighted by molar-refractivity contribution is 0.100. The number of carbonyl (C=O) groups excluding carboxylic acids is 1. The molecule has 1 aliphatic rings. The molecule has 7 nitrogen and oxygen atoms in total. The zero-order valence-corrected chi connectivity index (χ0v) is 13.8. The fourth-order valence-electron chi connectivity index (χ4n) is 2.69. The van der Waals surface area contributed by atoms with Gasteiger partial charge in [-0.05, 0) is 30.2 Å². The van der Waals surface area contributed by atoms with Crippen molar-refractivity contribution in [2.45, 2.75) is 13.0 Å². The molecule has 0 unspecified atom stereocenters. The minimum absolute atomic E-state index is 0.189. The second kappa shape index (κ2) is 6.48. The molecule has 0 radical (unpaired) electrons. The largest absolute Gasteiger partial charge is 0.380 e. The van der Waals surface area contributed by atoms with Crippen LogP contribution in [0.4, 0.5) is 11.4 Å². The smallest absolute Gasteiger partial charge is 0.252 e. The molecule has 1 aromatic heterocycles. The summed E-state index contributed by atoms with van der Waals surface area (Å²) in [5, 5.41) is 3.14. The molecule has 3 N–H and O–H groups in total. The number of nitrogens with zero attached hydrogens (tertiary/aromatic N) is 2. The highest BCUT2D eigenvalue weighted by molar-refractivity contribution is 7.93. The van der Waals surface area contributed by atoms with Crippen LogP contribution in [0.25, 0.3) is 0 Å². The van der Waals surface area contributed by atoms with Crippen molar-refractivity contribution in [1.29, 1.82) is 0 Å². The van der Waals surface area contributed by atoms with Crippen LogP contribution in [0.2, 0.25) is 0 Å². The summed E-state index contributed by atoms with van der Waals surface area (Å²) < 4.78 is 25.5. The molecule has 3 rings (SSSR count). The van der Waals surface area contributed by atoms with E-state index in [2.05, 4.69) is 10.3 Å².